The Balaban J connectivity index is 2.90. The van der Waals surface area contributed by atoms with Crippen LogP contribution in [0.15, 0.2) is 5.38 Å². The van der Waals surface area contributed by atoms with Crippen LogP contribution in [0.1, 0.15) is 25.8 Å². The van der Waals surface area contributed by atoms with Gasteiger partial charge in [0.05, 0.1) is 0 Å². The maximum absolute atomic E-state index is 4.62. The molecule has 1 nitrogen and oxygen atoms in total. The zero-order valence-corrected chi connectivity index (χ0v) is 14.1. The van der Waals surface area contributed by atoms with Gasteiger partial charge in [-0.3, -0.25) is 0 Å². The van der Waals surface area contributed by atoms with Gasteiger partial charge in [0.25, 0.3) is 0 Å². The molecule has 0 atom stereocenters. The summed E-state index contributed by atoms with van der Waals surface area (Å²) in [5.74, 6) is 6.39. The van der Waals surface area contributed by atoms with Crippen molar-refractivity contribution in [2.24, 2.45) is 5.41 Å². The predicted octanol–water partition coefficient (Wildman–Crippen LogP) is 3.09. The van der Waals surface area contributed by atoms with Crippen molar-refractivity contribution in [1.29, 1.82) is 0 Å². The van der Waals surface area contributed by atoms with E-state index in [4.69, 9.17) is 0 Å². The van der Waals surface area contributed by atoms with E-state index >= 15 is 0 Å². The minimum absolute atomic E-state index is 0.0663. The van der Waals surface area contributed by atoms with Gasteiger partial charge in [-0.25, -0.2) is 0 Å². The zero-order valence-electron chi connectivity index (χ0n) is 10.4. The van der Waals surface area contributed by atoms with Crippen LogP contribution < -0.4 is 3.71 Å². The Labute approximate surface area is 101 Å². The Morgan fingerprint density at radius 2 is 1.87 bits per heavy atom. The second-order valence-electron chi connectivity index (χ2n) is 5.79. The fourth-order valence-electron chi connectivity index (χ4n) is 0.917. The zero-order chi connectivity index (χ0) is 11.7. The topological polar surface area (TPSA) is 12.9 Å². The monoisotopic (exact) mass is 329 g/mol. The minimum atomic E-state index is -1.96. The second-order valence-corrected chi connectivity index (χ2v) is 21.0. The van der Waals surface area contributed by atoms with E-state index in [-0.39, 0.29) is 5.41 Å². The third kappa shape index (κ3) is 4.56. The van der Waals surface area contributed by atoms with E-state index in [9.17, 15) is 0 Å². The van der Waals surface area contributed by atoms with Gasteiger partial charge >= 0.3 is 102 Å². The second kappa shape index (κ2) is 4.47. The van der Waals surface area contributed by atoms with Gasteiger partial charge in [-0.15, -0.1) is 0 Å². The molecule has 1 aromatic heterocycles. The van der Waals surface area contributed by atoms with E-state index in [1.807, 2.05) is 0 Å². The normalized spacial score (nSPS) is 12.1. The predicted molar refractivity (Wildman–Crippen MR) is 71.4 cm³/mol. The SMILES string of the molecule is CC(C)(C)C#Cc1n[c]([Sn]([CH3])([CH3])[CH3])cs1. The fraction of sp³-hybridized carbons (Fsp3) is 0.583. The first kappa shape index (κ1) is 13.1. The number of rotatable bonds is 1. The summed E-state index contributed by atoms with van der Waals surface area (Å²) in [6.07, 6.45) is 0. The molecule has 1 aromatic rings. The summed E-state index contributed by atoms with van der Waals surface area (Å²) in [5, 5.41) is 3.18. The van der Waals surface area contributed by atoms with Gasteiger partial charge in [0.2, 0.25) is 0 Å². The summed E-state index contributed by atoms with van der Waals surface area (Å²) in [7, 11) is 0. The summed E-state index contributed by atoms with van der Waals surface area (Å²) in [6.45, 7) is 6.37. The van der Waals surface area contributed by atoms with Crippen LogP contribution in [0.3, 0.4) is 0 Å². The Morgan fingerprint density at radius 1 is 1.27 bits per heavy atom. The molecule has 15 heavy (non-hydrogen) atoms. The molecule has 0 saturated carbocycles. The quantitative estimate of drug-likeness (QED) is 0.570. The van der Waals surface area contributed by atoms with Crippen molar-refractivity contribution in [3.63, 3.8) is 0 Å². The summed E-state index contributed by atoms with van der Waals surface area (Å²) in [6, 6.07) is 0. The Bertz CT molecular complexity index is 396. The van der Waals surface area contributed by atoms with Crippen molar-refractivity contribution in [3.8, 4) is 11.8 Å². The van der Waals surface area contributed by atoms with Gasteiger partial charge in [-0.1, -0.05) is 0 Å². The number of nitrogens with zero attached hydrogens (tertiary/aromatic N) is 1. The first-order valence-corrected chi connectivity index (χ1v) is 16.0. The molecule has 82 valence electrons. The van der Waals surface area contributed by atoms with Crippen LogP contribution in [-0.4, -0.2) is 23.4 Å². The summed E-state index contributed by atoms with van der Waals surface area (Å²) >= 11 is -0.277. The summed E-state index contributed by atoms with van der Waals surface area (Å²) < 4.78 is 1.34. The Hall–Kier alpha value is -0.0113. The molecule has 0 fully saturated rings. The average Bonchev–Trinajstić information content (AvgIpc) is 2.45. The third-order valence-electron chi connectivity index (χ3n) is 1.82. The van der Waals surface area contributed by atoms with E-state index in [0.29, 0.717) is 0 Å². The first-order valence-electron chi connectivity index (χ1n) is 5.18. The van der Waals surface area contributed by atoms with Gasteiger partial charge in [0.15, 0.2) is 0 Å². The maximum atomic E-state index is 4.62. The van der Waals surface area contributed by atoms with E-state index in [2.05, 4.69) is 57.8 Å². The summed E-state index contributed by atoms with van der Waals surface area (Å²) in [4.78, 5) is 11.8. The molecule has 1 rings (SSSR count). The van der Waals surface area contributed by atoms with Crippen LogP contribution in [0.2, 0.25) is 14.8 Å². The molecular formula is C12H19NSSn. The number of aromatic nitrogens is 1. The van der Waals surface area contributed by atoms with Crippen LogP contribution in [0.5, 0.6) is 0 Å². The number of hydrogen-bond donors (Lipinski definition) is 0. The Morgan fingerprint density at radius 3 is 2.27 bits per heavy atom. The summed E-state index contributed by atoms with van der Waals surface area (Å²) in [5.41, 5.74) is 0.0663. The van der Waals surface area contributed by atoms with Crippen molar-refractivity contribution in [2.45, 2.75) is 35.6 Å². The van der Waals surface area contributed by atoms with E-state index in [1.165, 1.54) is 3.71 Å². The molecule has 0 bridgehead atoms. The van der Waals surface area contributed by atoms with Crippen LogP contribution in [-0.2, 0) is 0 Å². The molecule has 0 saturated heterocycles. The van der Waals surface area contributed by atoms with Crippen LogP contribution in [0.25, 0.3) is 0 Å². The van der Waals surface area contributed by atoms with Crippen molar-refractivity contribution >= 4 is 33.4 Å². The van der Waals surface area contributed by atoms with E-state index < -0.39 is 18.4 Å². The van der Waals surface area contributed by atoms with Gasteiger partial charge in [-0.2, -0.15) is 0 Å². The standard InChI is InChI=1S/C9H10NS.3CH3.Sn/c1-9(2,3)5-4-8-10-6-7-11-8;;;;/h7H,1-3H3;3*1H3;. The van der Waals surface area contributed by atoms with E-state index in [1.54, 1.807) is 11.3 Å². The molecule has 0 aliphatic carbocycles. The molecule has 1 heterocycles. The molecule has 0 aliphatic heterocycles. The van der Waals surface area contributed by atoms with Gasteiger partial charge < -0.3 is 0 Å². The van der Waals surface area contributed by atoms with Crippen molar-refractivity contribution < 1.29 is 0 Å². The number of hydrogen-bond acceptors (Lipinski definition) is 2. The van der Waals surface area contributed by atoms with Crippen molar-refractivity contribution in [2.75, 3.05) is 0 Å². The molecule has 0 spiro atoms. The van der Waals surface area contributed by atoms with Gasteiger partial charge in [0.1, 0.15) is 0 Å². The van der Waals surface area contributed by atoms with Gasteiger partial charge in [0, 0.05) is 0 Å². The van der Waals surface area contributed by atoms with Crippen LogP contribution in [0, 0.1) is 17.3 Å². The fourth-order valence-corrected chi connectivity index (χ4v) is 6.85. The Kier molecular flexibility index (Phi) is 3.89. The van der Waals surface area contributed by atoms with E-state index in [0.717, 1.165) is 5.01 Å². The third-order valence-corrected chi connectivity index (χ3v) is 8.29. The molecule has 0 amide bonds. The molecule has 0 N–H and O–H groups in total. The average molecular weight is 328 g/mol. The molecular weight excluding hydrogens is 309 g/mol. The number of thiazole rings is 1. The molecule has 0 aliphatic rings. The molecule has 0 unspecified atom stereocenters. The van der Waals surface area contributed by atoms with Crippen LogP contribution in [0.4, 0.5) is 0 Å². The first-order chi connectivity index (χ1) is 6.68. The van der Waals surface area contributed by atoms with Crippen molar-refractivity contribution in [1.82, 2.24) is 4.98 Å². The molecule has 0 radical (unpaired) electrons. The van der Waals surface area contributed by atoms with Crippen molar-refractivity contribution in [3.05, 3.63) is 10.4 Å². The molecule has 0 aromatic carbocycles. The van der Waals surface area contributed by atoms with Gasteiger partial charge in [-0.05, 0) is 0 Å². The van der Waals surface area contributed by atoms with Crippen LogP contribution >= 0.6 is 11.3 Å². The molecule has 3 heteroatoms.